The Kier molecular flexibility index (Phi) is 4.37. The van der Waals surface area contributed by atoms with Gasteiger partial charge in [-0.05, 0) is 126 Å². The number of para-hydroxylation sites is 1. The third-order valence-corrected chi connectivity index (χ3v) is 13.9. The number of benzene rings is 5. The molecule has 4 fully saturated rings. The van der Waals surface area contributed by atoms with Crippen LogP contribution in [0.2, 0.25) is 0 Å². The van der Waals surface area contributed by atoms with Gasteiger partial charge in [-0.25, -0.2) is 0 Å². The molecule has 6 unspecified atom stereocenters. The van der Waals surface area contributed by atoms with Gasteiger partial charge >= 0.3 is 0 Å². The van der Waals surface area contributed by atoms with Crippen LogP contribution >= 0.6 is 11.3 Å². The van der Waals surface area contributed by atoms with Crippen molar-refractivity contribution < 1.29 is 0 Å². The molecular formula is C41H33NS. The average Bonchev–Trinajstić information content (AvgIpc) is 3.66. The summed E-state index contributed by atoms with van der Waals surface area (Å²) in [4.78, 5) is 2.51. The second-order valence-electron chi connectivity index (χ2n) is 14.3. The quantitative estimate of drug-likeness (QED) is 0.204. The molecule has 0 amide bonds. The first kappa shape index (κ1) is 23.6. The summed E-state index contributed by atoms with van der Waals surface area (Å²) in [6.07, 6.45) is 7.35. The molecule has 0 N–H and O–H groups in total. The van der Waals surface area contributed by atoms with Gasteiger partial charge in [-0.1, -0.05) is 72.8 Å². The zero-order valence-electron chi connectivity index (χ0n) is 24.2. The first-order chi connectivity index (χ1) is 21.2. The van der Waals surface area contributed by atoms with Crippen LogP contribution < -0.4 is 4.90 Å². The molecule has 0 aliphatic heterocycles. The molecule has 43 heavy (non-hydrogen) atoms. The van der Waals surface area contributed by atoms with Crippen molar-refractivity contribution in [2.75, 3.05) is 4.90 Å². The SMILES string of the molecule is c1ccc(N(c2ccc3c(c2)C2(c4ccccc4-3)C3CC4CC5CC2C5(C4)C3)c2ccc3c(c2)sc2ccccc23)cc1. The van der Waals surface area contributed by atoms with Gasteiger partial charge in [0.2, 0.25) is 0 Å². The summed E-state index contributed by atoms with van der Waals surface area (Å²) in [6.45, 7) is 0. The highest BCUT2D eigenvalue weighted by atomic mass is 32.1. The van der Waals surface area contributed by atoms with Crippen molar-refractivity contribution in [3.63, 3.8) is 0 Å². The molecule has 0 saturated heterocycles. The summed E-state index contributed by atoms with van der Waals surface area (Å²) in [6, 6.07) is 44.0. The summed E-state index contributed by atoms with van der Waals surface area (Å²) in [7, 11) is 0. The largest absolute Gasteiger partial charge is 0.310 e. The van der Waals surface area contributed by atoms with Gasteiger partial charge in [-0.15, -0.1) is 11.3 Å². The van der Waals surface area contributed by atoms with Gasteiger partial charge in [0.15, 0.2) is 0 Å². The van der Waals surface area contributed by atoms with Gasteiger partial charge in [0.25, 0.3) is 0 Å². The molecule has 0 radical (unpaired) electrons. The van der Waals surface area contributed by atoms with Crippen LogP contribution in [0.4, 0.5) is 17.1 Å². The Balaban J connectivity index is 1.14. The second-order valence-corrected chi connectivity index (χ2v) is 15.3. The van der Waals surface area contributed by atoms with Crippen molar-refractivity contribution >= 4 is 48.6 Å². The maximum Gasteiger partial charge on any atom is 0.0476 e. The van der Waals surface area contributed by atoms with Crippen molar-refractivity contribution in [2.24, 2.45) is 29.1 Å². The third kappa shape index (κ3) is 2.76. The summed E-state index contributed by atoms with van der Waals surface area (Å²) in [5, 5.41) is 2.71. The summed E-state index contributed by atoms with van der Waals surface area (Å²) < 4.78 is 2.71. The zero-order chi connectivity index (χ0) is 27.9. The van der Waals surface area contributed by atoms with Gasteiger partial charge in [-0.2, -0.15) is 0 Å². The first-order valence-corrected chi connectivity index (χ1v) is 17.1. The minimum absolute atomic E-state index is 0.186. The van der Waals surface area contributed by atoms with Crippen LogP contribution in [0.1, 0.15) is 43.2 Å². The van der Waals surface area contributed by atoms with Gasteiger partial charge < -0.3 is 4.90 Å². The molecule has 11 rings (SSSR count). The molecule has 208 valence electrons. The fourth-order valence-electron chi connectivity index (χ4n) is 11.5. The summed E-state index contributed by atoms with van der Waals surface area (Å²) in [5.41, 5.74) is 10.8. The van der Waals surface area contributed by atoms with Gasteiger partial charge in [0.1, 0.15) is 0 Å². The molecule has 5 aliphatic rings. The Bertz CT molecular complexity index is 2120. The van der Waals surface area contributed by atoms with E-state index >= 15 is 0 Å². The molecule has 5 aliphatic carbocycles. The van der Waals surface area contributed by atoms with E-state index in [2.05, 4.69) is 120 Å². The molecular weight excluding hydrogens is 539 g/mol. The van der Waals surface area contributed by atoms with Gasteiger partial charge in [0, 0.05) is 42.6 Å². The predicted molar refractivity (Wildman–Crippen MR) is 180 cm³/mol. The molecule has 4 saturated carbocycles. The lowest BCUT2D eigenvalue weighted by Crippen LogP contribution is -2.50. The van der Waals surface area contributed by atoms with E-state index in [0.717, 1.165) is 23.7 Å². The monoisotopic (exact) mass is 571 g/mol. The molecule has 1 nitrogen and oxygen atoms in total. The number of nitrogens with zero attached hydrogens (tertiary/aromatic N) is 1. The Morgan fingerprint density at radius 1 is 0.558 bits per heavy atom. The van der Waals surface area contributed by atoms with Crippen LogP contribution in [0.15, 0.2) is 115 Å². The van der Waals surface area contributed by atoms with E-state index in [4.69, 9.17) is 0 Å². The Hall–Kier alpha value is -3.88. The lowest BCUT2D eigenvalue weighted by atomic mass is 9.49. The van der Waals surface area contributed by atoms with Crippen molar-refractivity contribution in [1.82, 2.24) is 0 Å². The number of hydrogen-bond acceptors (Lipinski definition) is 2. The van der Waals surface area contributed by atoms with E-state index in [0.29, 0.717) is 5.41 Å². The lowest BCUT2D eigenvalue weighted by Gasteiger charge is -2.54. The fourth-order valence-corrected chi connectivity index (χ4v) is 12.6. The molecule has 3 bridgehead atoms. The van der Waals surface area contributed by atoms with Crippen LogP contribution in [0.3, 0.4) is 0 Å². The number of hydrogen-bond donors (Lipinski definition) is 0. The van der Waals surface area contributed by atoms with E-state index in [1.54, 1.807) is 11.1 Å². The van der Waals surface area contributed by atoms with E-state index in [1.165, 1.54) is 80.5 Å². The van der Waals surface area contributed by atoms with Crippen molar-refractivity contribution in [3.05, 3.63) is 126 Å². The van der Waals surface area contributed by atoms with Crippen LogP contribution in [-0.4, -0.2) is 0 Å². The molecule has 1 aromatic heterocycles. The lowest BCUT2D eigenvalue weighted by molar-refractivity contribution is -0.0193. The van der Waals surface area contributed by atoms with Crippen molar-refractivity contribution in [1.29, 1.82) is 0 Å². The molecule has 5 aromatic carbocycles. The summed E-state index contributed by atoms with van der Waals surface area (Å²) >= 11 is 1.91. The minimum atomic E-state index is 0.186. The Morgan fingerprint density at radius 2 is 1.30 bits per heavy atom. The molecule has 2 heteroatoms. The molecule has 6 aromatic rings. The standard InChI is InChI=1S/C41H33NS/c1-2-8-28(9-3-1)42(30-15-17-34-33-11-5-7-13-37(33)43-38(34)22-30)29-14-16-32-31-10-4-6-12-35(31)41(36(32)21-29)27-19-25-18-26-20-39(41)40(26,23-25)24-27/h1-17,21-22,25-27,39H,18-20,23-24H2. The topological polar surface area (TPSA) is 3.24 Å². The van der Waals surface area contributed by atoms with Crippen LogP contribution in [-0.2, 0) is 5.41 Å². The number of anilines is 3. The Morgan fingerprint density at radius 3 is 2.26 bits per heavy atom. The number of rotatable bonds is 3. The Labute approximate surface area is 256 Å². The molecule has 1 heterocycles. The van der Waals surface area contributed by atoms with Crippen LogP contribution in [0, 0.1) is 29.1 Å². The van der Waals surface area contributed by atoms with E-state index < -0.39 is 0 Å². The number of thiophene rings is 1. The highest BCUT2D eigenvalue weighted by Gasteiger charge is 2.76. The summed E-state index contributed by atoms with van der Waals surface area (Å²) in [5.74, 6) is 3.53. The van der Waals surface area contributed by atoms with E-state index in [-0.39, 0.29) is 5.41 Å². The van der Waals surface area contributed by atoms with Crippen LogP contribution in [0.5, 0.6) is 0 Å². The van der Waals surface area contributed by atoms with E-state index in [1.807, 2.05) is 11.3 Å². The normalized spacial score (nSPS) is 30.5. The average molecular weight is 572 g/mol. The molecule has 2 spiro atoms. The van der Waals surface area contributed by atoms with Gasteiger partial charge in [0.05, 0.1) is 0 Å². The second kappa shape index (κ2) is 7.98. The van der Waals surface area contributed by atoms with Gasteiger partial charge in [-0.3, -0.25) is 0 Å². The molecule has 6 atom stereocenters. The first-order valence-electron chi connectivity index (χ1n) is 16.2. The number of fused-ring (bicyclic) bond motifs is 12. The predicted octanol–water partition coefficient (Wildman–Crippen LogP) is 11.2. The maximum absolute atomic E-state index is 2.63. The highest BCUT2D eigenvalue weighted by molar-refractivity contribution is 7.25. The zero-order valence-corrected chi connectivity index (χ0v) is 25.0. The smallest absolute Gasteiger partial charge is 0.0476 e. The third-order valence-electron chi connectivity index (χ3n) is 12.8. The minimum Gasteiger partial charge on any atom is -0.310 e. The highest BCUT2D eigenvalue weighted by Crippen LogP contribution is 2.83. The van der Waals surface area contributed by atoms with Crippen LogP contribution in [0.25, 0.3) is 31.3 Å². The van der Waals surface area contributed by atoms with Crippen molar-refractivity contribution in [2.45, 2.75) is 37.5 Å². The fraction of sp³-hybridized carbons (Fsp3) is 0.268. The maximum atomic E-state index is 2.63. The van der Waals surface area contributed by atoms with E-state index in [9.17, 15) is 0 Å². The van der Waals surface area contributed by atoms with Crippen molar-refractivity contribution in [3.8, 4) is 11.1 Å².